The highest BCUT2D eigenvalue weighted by Gasteiger charge is 2.70. The summed E-state index contributed by atoms with van der Waals surface area (Å²) in [6.07, 6.45) is 7.16. The summed E-state index contributed by atoms with van der Waals surface area (Å²) in [4.78, 5) is 7.51. The van der Waals surface area contributed by atoms with Gasteiger partial charge in [-0.3, -0.25) is 4.21 Å². The number of nitrogens with one attached hydrogen (secondary N) is 2. The summed E-state index contributed by atoms with van der Waals surface area (Å²) < 4.78 is 21.5. The Hall–Kier alpha value is -1.77. The van der Waals surface area contributed by atoms with Crippen molar-refractivity contribution in [1.29, 1.82) is 0 Å². The van der Waals surface area contributed by atoms with Crippen LogP contribution in [-0.4, -0.2) is 43.5 Å². The topological polar surface area (TPSA) is 87.2 Å². The third kappa shape index (κ3) is 2.22. The standard InChI is InChI=1S/C18H22BN3O3S/c1-3-6-26(2,24)22-18-9-17(10-18,11-18)13-7-19(23)25-14-8-21-16-12(15(13)14)4-5-20-16/h4-5,7-8,23H,2-3,6,9-11H2,1H3,(H,20,21)(H,22,24). The van der Waals surface area contributed by atoms with Crippen LogP contribution in [0.3, 0.4) is 0 Å². The van der Waals surface area contributed by atoms with Gasteiger partial charge in [-0.2, -0.15) is 0 Å². The Kier molecular flexibility index (Phi) is 3.25. The number of H-pyrrole nitrogens is 1. The molecule has 3 fully saturated rings. The van der Waals surface area contributed by atoms with E-state index in [1.54, 1.807) is 6.20 Å². The minimum absolute atomic E-state index is 0.0137. The van der Waals surface area contributed by atoms with Crippen LogP contribution < -0.4 is 9.38 Å². The predicted molar refractivity (Wildman–Crippen MR) is 105 cm³/mol. The quantitative estimate of drug-likeness (QED) is 0.554. The molecule has 0 amide bonds. The molecule has 6 nitrogen and oxygen atoms in total. The van der Waals surface area contributed by atoms with Gasteiger partial charge in [0.1, 0.15) is 11.4 Å². The monoisotopic (exact) mass is 371 g/mol. The Labute approximate surface area is 153 Å². The first-order valence-corrected chi connectivity index (χ1v) is 10.9. The van der Waals surface area contributed by atoms with Crippen LogP contribution in [0.1, 0.15) is 38.2 Å². The van der Waals surface area contributed by atoms with Crippen LogP contribution in [0.4, 0.5) is 0 Å². The Morgan fingerprint density at radius 2 is 2.27 bits per heavy atom. The first kappa shape index (κ1) is 16.4. The second-order valence-electron chi connectivity index (χ2n) is 8.04. The molecule has 3 aliphatic carbocycles. The Morgan fingerprint density at radius 1 is 1.50 bits per heavy atom. The molecule has 2 aromatic rings. The number of fused-ring (bicyclic) bond motifs is 3. The number of hydrogen-bond acceptors (Lipinski definition) is 4. The van der Waals surface area contributed by atoms with Crippen molar-refractivity contribution in [3.8, 4) is 5.75 Å². The second kappa shape index (κ2) is 5.15. The van der Waals surface area contributed by atoms with Crippen molar-refractivity contribution in [2.24, 2.45) is 5.41 Å². The zero-order valence-electron chi connectivity index (χ0n) is 14.7. The van der Waals surface area contributed by atoms with Crippen LogP contribution in [0.5, 0.6) is 5.75 Å². The van der Waals surface area contributed by atoms with Crippen molar-refractivity contribution in [2.75, 3.05) is 5.75 Å². The van der Waals surface area contributed by atoms with Crippen LogP contribution in [0.2, 0.25) is 0 Å². The van der Waals surface area contributed by atoms with Gasteiger partial charge >= 0.3 is 7.12 Å². The highest BCUT2D eigenvalue weighted by atomic mass is 32.2. The van der Waals surface area contributed by atoms with Gasteiger partial charge in [-0.1, -0.05) is 6.92 Å². The zero-order valence-corrected chi connectivity index (χ0v) is 15.6. The fourth-order valence-electron chi connectivity index (χ4n) is 5.15. The summed E-state index contributed by atoms with van der Waals surface area (Å²) in [5.74, 6) is 6.96. The molecule has 1 atom stereocenters. The Balaban J connectivity index is 1.48. The molecule has 3 saturated carbocycles. The van der Waals surface area contributed by atoms with Gasteiger partial charge in [0.05, 0.1) is 6.20 Å². The third-order valence-electron chi connectivity index (χ3n) is 5.92. The SMILES string of the molecule is C=S(=O)(CCC)NC12CC(C3=CB(O)Oc4cnc5[nH]ccc5c43)(C1)C2. The predicted octanol–water partition coefficient (Wildman–Crippen LogP) is 1.91. The third-order valence-corrected chi connectivity index (χ3v) is 7.79. The molecular formula is C18H22BN3O3S. The number of rotatable bonds is 5. The molecule has 0 aromatic carbocycles. The van der Waals surface area contributed by atoms with Crippen molar-refractivity contribution >= 4 is 39.3 Å². The van der Waals surface area contributed by atoms with E-state index < -0.39 is 16.8 Å². The number of aromatic nitrogens is 2. The van der Waals surface area contributed by atoms with E-state index in [4.69, 9.17) is 4.65 Å². The van der Waals surface area contributed by atoms with E-state index in [1.165, 1.54) is 0 Å². The number of nitrogens with zero attached hydrogens (tertiary/aromatic N) is 1. The van der Waals surface area contributed by atoms with E-state index in [0.717, 1.165) is 47.9 Å². The van der Waals surface area contributed by atoms with E-state index in [2.05, 4.69) is 20.6 Å². The minimum Gasteiger partial charge on any atom is -0.531 e. The highest BCUT2D eigenvalue weighted by molar-refractivity contribution is 7.98. The molecule has 6 rings (SSSR count). The second-order valence-corrected chi connectivity index (χ2v) is 10.3. The van der Waals surface area contributed by atoms with Gasteiger partial charge < -0.3 is 14.7 Å². The summed E-state index contributed by atoms with van der Waals surface area (Å²) in [7, 11) is -3.18. The van der Waals surface area contributed by atoms with Gasteiger partial charge in [0.25, 0.3) is 0 Å². The van der Waals surface area contributed by atoms with Crippen molar-refractivity contribution in [1.82, 2.24) is 14.7 Å². The van der Waals surface area contributed by atoms with Crippen LogP contribution in [-0.2, 0) is 9.71 Å². The maximum atomic E-state index is 12.6. The first-order chi connectivity index (χ1) is 12.4. The fourth-order valence-corrected chi connectivity index (χ4v) is 6.91. The van der Waals surface area contributed by atoms with Crippen LogP contribution in [0.25, 0.3) is 16.6 Å². The number of hydrogen-bond donors (Lipinski definition) is 3. The smallest absolute Gasteiger partial charge is 0.531 e. The molecule has 1 aliphatic heterocycles. The Bertz CT molecular complexity index is 1020. The summed E-state index contributed by atoms with van der Waals surface area (Å²) in [6, 6.07) is 2.00. The lowest BCUT2D eigenvalue weighted by Crippen LogP contribution is -2.75. The molecule has 0 spiro atoms. The Morgan fingerprint density at radius 3 is 3.00 bits per heavy atom. The summed E-state index contributed by atoms with van der Waals surface area (Å²) in [5, 5.41) is 11.2. The average molecular weight is 371 g/mol. The van der Waals surface area contributed by atoms with E-state index in [9.17, 15) is 9.23 Å². The minimum atomic E-state index is -2.23. The molecule has 1 unspecified atom stereocenters. The van der Waals surface area contributed by atoms with Gasteiger partial charge in [0, 0.05) is 43.6 Å². The van der Waals surface area contributed by atoms with Gasteiger partial charge in [-0.25, -0.2) is 9.71 Å². The molecule has 26 heavy (non-hydrogen) atoms. The van der Waals surface area contributed by atoms with Crippen molar-refractivity contribution < 1.29 is 13.9 Å². The van der Waals surface area contributed by atoms with Crippen LogP contribution >= 0.6 is 0 Å². The van der Waals surface area contributed by atoms with Crippen molar-refractivity contribution in [3.05, 3.63) is 30.0 Å². The lowest BCUT2D eigenvalue weighted by atomic mass is 9.36. The maximum absolute atomic E-state index is 12.6. The molecule has 8 heteroatoms. The van der Waals surface area contributed by atoms with Gasteiger partial charge in [-0.15, -0.1) is 0 Å². The summed E-state index contributed by atoms with van der Waals surface area (Å²) >= 11 is 0. The molecule has 2 bridgehead atoms. The van der Waals surface area contributed by atoms with Gasteiger partial charge in [0.15, 0.2) is 0 Å². The average Bonchev–Trinajstić information content (AvgIpc) is 2.97. The van der Waals surface area contributed by atoms with Crippen LogP contribution in [0, 0.1) is 5.41 Å². The fraction of sp³-hybridized carbons (Fsp3) is 0.444. The van der Waals surface area contributed by atoms with Gasteiger partial charge in [-0.05, 0) is 49.2 Å². The maximum Gasteiger partial charge on any atom is 0.552 e. The summed E-state index contributed by atoms with van der Waals surface area (Å²) in [6.45, 7) is 2.03. The largest absolute Gasteiger partial charge is 0.552 e. The van der Waals surface area contributed by atoms with E-state index in [1.807, 2.05) is 25.2 Å². The van der Waals surface area contributed by atoms with E-state index in [-0.39, 0.29) is 11.0 Å². The first-order valence-electron chi connectivity index (χ1n) is 9.03. The highest BCUT2D eigenvalue weighted by Crippen LogP contribution is 2.73. The number of pyridine rings is 1. The molecule has 0 saturated heterocycles. The van der Waals surface area contributed by atoms with Gasteiger partial charge in [0.2, 0.25) is 0 Å². The number of allylic oxidation sites excluding steroid dienone is 1. The molecule has 4 aliphatic rings. The van der Waals surface area contributed by atoms with E-state index in [0.29, 0.717) is 11.5 Å². The lowest BCUT2D eigenvalue weighted by Gasteiger charge is -2.72. The van der Waals surface area contributed by atoms with Crippen LogP contribution in [0.15, 0.2) is 24.4 Å². The van der Waals surface area contributed by atoms with Crippen molar-refractivity contribution in [3.63, 3.8) is 0 Å². The molecule has 2 aromatic heterocycles. The lowest BCUT2D eigenvalue weighted by molar-refractivity contribution is -0.0918. The molecule has 3 N–H and O–H groups in total. The molecular weight excluding hydrogens is 349 g/mol. The molecule has 136 valence electrons. The van der Waals surface area contributed by atoms with Crippen molar-refractivity contribution in [2.45, 2.75) is 38.1 Å². The normalized spacial score (nSPS) is 31.3. The van der Waals surface area contributed by atoms with E-state index >= 15 is 0 Å². The molecule has 0 radical (unpaired) electrons. The number of aromatic amines is 1. The zero-order chi connectivity index (χ0) is 18.2. The summed E-state index contributed by atoms with van der Waals surface area (Å²) in [5.41, 5.74) is 2.92. The molecule has 3 heterocycles.